The van der Waals surface area contributed by atoms with E-state index in [0.29, 0.717) is 6.42 Å². The lowest BCUT2D eigenvalue weighted by Gasteiger charge is -2.24. The molecule has 16 heavy (non-hydrogen) atoms. The number of carboxylic acid groups (broad SMARTS) is 1. The highest BCUT2D eigenvalue weighted by Crippen LogP contribution is 2.24. The second-order valence-electron chi connectivity index (χ2n) is 4.22. The molecule has 0 aliphatic carbocycles. The maximum Gasteiger partial charge on any atom is 0.326 e. The monoisotopic (exact) mass is 225 g/mol. The van der Waals surface area contributed by atoms with Gasteiger partial charge < -0.3 is 10.0 Å². The number of carboxylic acids is 1. The number of unbranched alkanes of at least 4 members (excludes halogenated alkanes) is 1. The van der Waals surface area contributed by atoms with Crippen LogP contribution in [-0.4, -0.2) is 34.0 Å². The van der Waals surface area contributed by atoms with Gasteiger partial charge in [-0.2, -0.15) is 0 Å². The lowest BCUT2D eigenvalue weighted by Crippen LogP contribution is -2.43. The molecular weight excluding hydrogens is 206 g/mol. The van der Waals surface area contributed by atoms with Crippen LogP contribution in [-0.2, 0) is 9.59 Å². The third-order valence-corrected chi connectivity index (χ3v) is 2.92. The first-order valence-electron chi connectivity index (χ1n) is 5.79. The summed E-state index contributed by atoms with van der Waals surface area (Å²) in [7, 11) is 0. The Kier molecular flexibility index (Phi) is 4.52. The Balaban J connectivity index is 2.68. The predicted octanol–water partition coefficient (Wildman–Crippen LogP) is 1.81. The summed E-state index contributed by atoms with van der Waals surface area (Å²) in [6, 6.07) is -0.617. The van der Waals surface area contributed by atoms with E-state index in [2.05, 4.69) is 0 Å². The van der Waals surface area contributed by atoms with E-state index in [-0.39, 0.29) is 11.9 Å². The molecule has 0 radical (unpaired) electrons. The van der Waals surface area contributed by atoms with Crippen molar-refractivity contribution in [2.24, 2.45) is 0 Å². The van der Waals surface area contributed by atoms with Crippen molar-refractivity contribution < 1.29 is 14.7 Å². The zero-order valence-electron chi connectivity index (χ0n) is 9.85. The molecular formula is C12H19NO3. The summed E-state index contributed by atoms with van der Waals surface area (Å²) in [5.74, 6) is -1.08. The predicted molar refractivity (Wildman–Crippen MR) is 61.0 cm³/mol. The topological polar surface area (TPSA) is 57.6 Å². The standard InChI is InChI=1S/C12H19NO3/c1-3-4-5-6-11(14)13-9(2)7-8-10(13)12(15)16/h5-6,9-10H,3-4,7-8H2,1-2H3,(H,15,16)/b6-5+/t9-,10-/m0/s1. The van der Waals surface area contributed by atoms with Gasteiger partial charge in [0, 0.05) is 6.04 Å². The number of rotatable bonds is 4. The molecule has 4 heteroatoms. The third-order valence-electron chi connectivity index (χ3n) is 2.92. The van der Waals surface area contributed by atoms with Crippen molar-refractivity contribution >= 4 is 11.9 Å². The second-order valence-corrected chi connectivity index (χ2v) is 4.22. The van der Waals surface area contributed by atoms with Gasteiger partial charge in [-0.15, -0.1) is 0 Å². The molecule has 4 nitrogen and oxygen atoms in total. The number of nitrogens with zero attached hydrogens (tertiary/aromatic N) is 1. The van der Waals surface area contributed by atoms with Crippen LogP contribution in [0.1, 0.15) is 39.5 Å². The Hall–Kier alpha value is -1.32. The summed E-state index contributed by atoms with van der Waals surface area (Å²) in [4.78, 5) is 24.3. The van der Waals surface area contributed by atoms with E-state index in [1.807, 2.05) is 19.9 Å². The van der Waals surface area contributed by atoms with Crippen LogP contribution < -0.4 is 0 Å². The average Bonchev–Trinajstić information content (AvgIpc) is 2.60. The van der Waals surface area contributed by atoms with E-state index < -0.39 is 12.0 Å². The van der Waals surface area contributed by atoms with Crippen molar-refractivity contribution in [2.45, 2.75) is 51.6 Å². The number of amides is 1. The molecule has 1 rings (SSSR count). The molecule has 1 N–H and O–H groups in total. The first-order valence-corrected chi connectivity index (χ1v) is 5.79. The van der Waals surface area contributed by atoms with Gasteiger partial charge in [0.25, 0.3) is 0 Å². The SMILES string of the molecule is CCC/C=C/C(=O)N1[C@@H](C)CC[C@H]1C(=O)O. The van der Waals surface area contributed by atoms with E-state index >= 15 is 0 Å². The number of carbonyl (C=O) groups is 2. The van der Waals surface area contributed by atoms with Crippen LogP contribution in [0, 0.1) is 0 Å². The first kappa shape index (κ1) is 12.7. The van der Waals surface area contributed by atoms with E-state index in [0.717, 1.165) is 19.3 Å². The summed E-state index contributed by atoms with van der Waals surface area (Å²) < 4.78 is 0. The minimum atomic E-state index is -0.901. The fourth-order valence-corrected chi connectivity index (χ4v) is 2.03. The van der Waals surface area contributed by atoms with Crippen molar-refractivity contribution in [2.75, 3.05) is 0 Å². The molecule has 1 aliphatic rings. The van der Waals surface area contributed by atoms with Crippen LogP contribution in [0.15, 0.2) is 12.2 Å². The van der Waals surface area contributed by atoms with Crippen LogP contribution in [0.2, 0.25) is 0 Å². The molecule has 0 aromatic rings. The molecule has 90 valence electrons. The number of aliphatic carboxylic acids is 1. The van der Waals surface area contributed by atoms with Gasteiger partial charge in [-0.1, -0.05) is 19.4 Å². The van der Waals surface area contributed by atoms with Crippen LogP contribution in [0.5, 0.6) is 0 Å². The van der Waals surface area contributed by atoms with Gasteiger partial charge in [-0.25, -0.2) is 4.79 Å². The van der Waals surface area contributed by atoms with E-state index in [1.165, 1.54) is 11.0 Å². The normalized spacial score (nSPS) is 25.2. The summed E-state index contributed by atoms with van der Waals surface area (Å²) in [6.07, 6.45) is 6.48. The third kappa shape index (κ3) is 2.84. The number of likely N-dealkylation sites (tertiary alicyclic amines) is 1. The summed E-state index contributed by atoms with van der Waals surface area (Å²) in [5, 5.41) is 9.00. The zero-order chi connectivity index (χ0) is 12.1. The lowest BCUT2D eigenvalue weighted by atomic mass is 10.2. The Bertz CT molecular complexity index is 299. The molecule has 1 fully saturated rings. The van der Waals surface area contributed by atoms with Gasteiger partial charge in [0.05, 0.1) is 0 Å². The quantitative estimate of drug-likeness (QED) is 0.742. The molecule has 1 amide bonds. The maximum absolute atomic E-state index is 11.8. The molecule has 0 aromatic carbocycles. The Morgan fingerprint density at radius 1 is 1.44 bits per heavy atom. The van der Waals surface area contributed by atoms with Crippen LogP contribution in [0.4, 0.5) is 0 Å². The molecule has 1 heterocycles. The van der Waals surface area contributed by atoms with Crippen molar-refractivity contribution in [3.63, 3.8) is 0 Å². The van der Waals surface area contributed by atoms with Crippen LogP contribution in [0.3, 0.4) is 0 Å². The van der Waals surface area contributed by atoms with Crippen LogP contribution in [0.25, 0.3) is 0 Å². The van der Waals surface area contributed by atoms with E-state index in [9.17, 15) is 9.59 Å². The van der Waals surface area contributed by atoms with E-state index in [4.69, 9.17) is 5.11 Å². The van der Waals surface area contributed by atoms with Crippen LogP contribution >= 0.6 is 0 Å². The van der Waals surface area contributed by atoms with Crippen molar-refractivity contribution in [1.82, 2.24) is 4.90 Å². The smallest absolute Gasteiger partial charge is 0.326 e. The van der Waals surface area contributed by atoms with Gasteiger partial charge in [0.1, 0.15) is 6.04 Å². The fourth-order valence-electron chi connectivity index (χ4n) is 2.03. The van der Waals surface area contributed by atoms with Gasteiger partial charge in [0.2, 0.25) is 5.91 Å². The maximum atomic E-state index is 11.8. The van der Waals surface area contributed by atoms with Gasteiger partial charge >= 0.3 is 5.97 Å². The molecule has 0 aromatic heterocycles. The number of carbonyl (C=O) groups excluding carboxylic acids is 1. The van der Waals surface area contributed by atoms with E-state index in [1.54, 1.807) is 0 Å². The molecule has 0 unspecified atom stereocenters. The molecule has 0 spiro atoms. The summed E-state index contributed by atoms with van der Waals surface area (Å²) in [5.41, 5.74) is 0. The number of allylic oxidation sites excluding steroid dienone is 1. The Morgan fingerprint density at radius 2 is 2.12 bits per heavy atom. The largest absolute Gasteiger partial charge is 0.480 e. The van der Waals surface area contributed by atoms with Crippen molar-refractivity contribution in [1.29, 1.82) is 0 Å². The highest BCUT2D eigenvalue weighted by Gasteiger charge is 2.37. The fraction of sp³-hybridized carbons (Fsp3) is 0.667. The zero-order valence-corrected chi connectivity index (χ0v) is 9.85. The summed E-state index contributed by atoms with van der Waals surface area (Å²) >= 11 is 0. The minimum absolute atomic E-state index is 0.0277. The van der Waals surface area contributed by atoms with Gasteiger partial charge in [-0.3, -0.25) is 4.79 Å². The molecule has 0 bridgehead atoms. The average molecular weight is 225 g/mol. The van der Waals surface area contributed by atoms with Crippen molar-refractivity contribution in [3.8, 4) is 0 Å². The molecule has 0 saturated carbocycles. The first-order chi connectivity index (χ1) is 7.57. The highest BCUT2D eigenvalue weighted by atomic mass is 16.4. The minimum Gasteiger partial charge on any atom is -0.480 e. The molecule has 1 saturated heterocycles. The molecule has 1 aliphatic heterocycles. The Labute approximate surface area is 95.9 Å². The second kappa shape index (κ2) is 5.68. The van der Waals surface area contributed by atoms with Crippen molar-refractivity contribution in [3.05, 3.63) is 12.2 Å². The van der Waals surface area contributed by atoms with Gasteiger partial charge in [0.15, 0.2) is 0 Å². The Morgan fingerprint density at radius 3 is 2.69 bits per heavy atom. The van der Waals surface area contributed by atoms with Gasteiger partial charge in [-0.05, 0) is 32.3 Å². The lowest BCUT2D eigenvalue weighted by molar-refractivity contribution is -0.147. The number of hydrogen-bond donors (Lipinski definition) is 1. The summed E-state index contributed by atoms with van der Waals surface area (Å²) in [6.45, 7) is 3.93. The molecule has 2 atom stereocenters. The number of hydrogen-bond acceptors (Lipinski definition) is 2. The highest BCUT2D eigenvalue weighted by molar-refractivity contribution is 5.91.